The maximum absolute atomic E-state index is 12.3. The van der Waals surface area contributed by atoms with Crippen molar-refractivity contribution in [1.29, 1.82) is 0 Å². The molecular weight excluding hydrogens is 291 g/mol. The van der Waals surface area contributed by atoms with E-state index in [9.17, 15) is 4.79 Å². The molecule has 0 spiro atoms. The van der Waals surface area contributed by atoms with Gasteiger partial charge in [0.1, 0.15) is 5.15 Å². The first-order chi connectivity index (χ1) is 8.47. The van der Waals surface area contributed by atoms with Crippen molar-refractivity contribution in [1.82, 2.24) is 9.88 Å². The highest BCUT2D eigenvalue weighted by molar-refractivity contribution is 8.00. The SMILES string of the molecule is CC1CN(C(=O)c2cnc(Cl)c(Cl)c2)CC(C)S1. The quantitative estimate of drug-likeness (QED) is 0.746. The highest BCUT2D eigenvalue weighted by Crippen LogP contribution is 2.26. The summed E-state index contributed by atoms with van der Waals surface area (Å²) in [5.74, 6) is -0.0277. The average Bonchev–Trinajstić information content (AvgIpc) is 2.30. The summed E-state index contributed by atoms with van der Waals surface area (Å²) in [7, 11) is 0. The number of hydrogen-bond acceptors (Lipinski definition) is 3. The number of halogens is 2. The van der Waals surface area contributed by atoms with E-state index in [1.165, 1.54) is 6.20 Å². The number of rotatable bonds is 1. The third-order valence-electron chi connectivity index (χ3n) is 2.75. The second-order valence-electron chi connectivity index (χ2n) is 4.46. The lowest BCUT2D eigenvalue weighted by Crippen LogP contribution is -2.44. The van der Waals surface area contributed by atoms with E-state index in [0.717, 1.165) is 13.1 Å². The first-order valence-electron chi connectivity index (χ1n) is 5.73. The van der Waals surface area contributed by atoms with Gasteiger partial charge in [-0.15, -0.1) is 0 Å². The lowest BCUT2D eigenvalue weighted by Gasteiger charge is -2.34. The van der Waals surface area contributed by atoms with Gasteiger partial charge in [-0.1, -0.05) is 37.0 Å². The highest BCUT2D eigenvalue weighted by atomic mass is 35.5. The molecule has 0 saturated carbocycles. The summed E-state index contributed by atoms with van der Waals surface area (Å²) in [6.45, 7) is 5.78. The van der Waals surface area contributed by atoms with Crippen LogP contribution in [0.2, 0.25) is 10.2 Å². The average molecular weight is 305 g/mol. The van der Waals surface area contributed by atoms with E-state index in [0.29, 0.717) is 21.1 Å². The Morgan fingerprint density at radius 1 is 1.39 bits per heavy atom. The van der Waals surface area contributed by atoms with E-state index in [-0.39, 0.29) is 11.1 Å². The maximum atomic E-state index is 12.3. The Labute approximate surface area is 121 Å². The summed E-state index contributed by atoms with van der Waals surface area (Å²) in [6.07, 6.45) is 1.48. The van der Waals surface area contributed by atoms with Crippen LogP contribution in [0.15, 0.2) is 12.3 Å². The van der Waals surface area contributed by atoms with Crippen molar-refractivity contribution in [3.05, 3.63) is 28.0 Å². The third kappa shape index (κ3) is 3.11. The van der Waals surface area contributed by atoms with Gasteiger partial charge in [0.05, 0.1) is 10.6 Å². The second kappa shape index (κ2) is 5.68. The van der Waals surface area contributed by atoms with Gasteiger partial charge in [0.25, 0.3) is 5.91 Å². The largest absolute Gasteiger partial charge is 0.336 e. The summed E-state index contributed by atoms with van der Waals surface area (Å²) < 4.78 is 0. The van der Waals surface area contributed by atoms with Crippen molar-refractivity contribution in [3.8, 4) is 0 Å². The summed E-state index contributed by atoms with van der Waals surface area (Å²) in [5.41, 5.74) is 0.496. The van der Waals surface area contributed by atoms with Crippen molar-refractivity contribution >= 4 is 40.9 Å². The molecule has 0 aromatic carbocycles. The number of carbonyl (C=O) groups is 1. The Balaban J connectivity index is 2.17. The van der Waals surface area contributed by atoms with Crippen LogP contribution >= 0.6 is 35.0 Å². The zero-order valence-electron chi connectivity index (χ0n) is 10.2. The van der Waals surface area contributed by atoms with Crippen LogP contribution in [0.5, 0.6) is 0 Å². The molecule has 1 fully saturated rings. The first-order valence-corrected chi connectivity index (χ1v) is 7.43. The fraction of sp³-hybridized carbons (Fsp3) is 0.500. The van der Waals surface area contributed by atoms with Crippen LogP contribution in [0.3, 0.4) is 0 Å². The van der Waals surface area contributed by atoms with Gasteiger partial charge in [-0.05, 0) is 6.07 Å². The molecule has 1 saturated heterocycles. The van der Waals surface area contributed by atoms with E-state index in [4.69, 9.17) is 23.2 Å². The Bertz CT molecular complexity index is 459. The molecule has 98 valence electrons. The summed E-state index contributed by atoms with van der Waals surface area (Å²) >= 11 is 13.5. The molecule has 2 unspecified atom stereocenters. The molecule has 18 heavy (non-hydrogen) atoms. The zero-order chi connectivity index (χ0) is 13.3. The Hall–Kier alpha value is -0.450. The van der Waals surface area contributed by atoms with Gasteiger partial charge < -0.3 is 4.90 Å². The molecule has 2 rings (SSSR count). The normalized spacial score (nSPS) is 24.1. The number of nitrogens with zero attached hydrogens (tertiary/aromatic N) is 2. The smallest absolute Gasteiger partial charge is 0.255 e. The van der Waals surface area contributed by atoms with Gasteiger partial charge in [0.15, 0.2) is 0 Å². The fourth-order valence-corrected chi connectivity index (χ4v) is 3.66. The van der Waals surface area contributed by atoms with Crippen LogP contribution in [-0.2, 0) is 0 Å². The highest BCUT2D eigenvalue weighted by Gasteiger charge is 2.26. The minimum atomic E-state index is -0.0277. The Kier molecular flexibility index (Phi) is 4.41. The van der Waals surface area contributed by atoms with Crippen LogP contribution < -0.4 is 0 Å². The number of pyridine rings is 1. The van der Waals surface area contributed by atoms with E-state index in [1.807, 2.05) is 16.7 Å². The van der Waals surface area contributed by atoms with Gasteiger partial charge in [0, 0.05) is 29.8 Å². The van der Waals surface area contributed by atoms with Crippen molar-refractivity contribution in [2.75, 3.05) is 13.1 Å². The Morgan fingerprint density at radius 3 is 2.56 bits per heavy atom. The van der Waals surface area contributed by atoms with Crippen LogP contribution in [0.25, 0.3) is 0 Å². The van der Waals surface area contributed by atoms with E-state index in [1.54, 1.807) is 6.07 Å². The van der Waals surface area contributed by atoms with E-state index < -0.39 is 0 Å². The predicted octanol–water partition coefficient (Wildman–Crippen LogP) is 3.35. The number of carbonyl (C=O) groups excluding carboxylic acids is 1. The number of aromatic nitrogens is 1. The molecule has 1 aliphatic heterocycles. The van der Waals surface area contributed by atoms with Crippen LogP contribution in [0, 0.1) is 0 Å². The molecule has 0 aliphatic carbocycles. The first kappa shape index (κ1) is 14.0. The van der Waals surface area contributed by atoms with Crippen molar-refractivity contribution in [2.45, 2.75) is 24.3 Å². The molecule has 1 aliphatic rings. The van der Waals surface area contributed by atoms with Crippen LogP contribution in [0.4, 0.5) is 0 Å². The van der Waals surface area contributed by atoms with Gasteiger partial charge in [-0.3, -0.25) is 4.79 Å². The summed E-state index contributed by atoms with van der Waals surface area (Å²) in [6, 6.07) is 1.58. The van der Waals surface area contributed by atoms with Crippen molar-refractivity contribution < 1.29 is 4.79 Å². The molecule has 1 aromatic rings. The lowest BCUT2D eigenvalue weighted by molar-refractivity contribution is 0.0753. The zero-order valence-corrected chi connectivity index (χ0v) is 12.5. The van der Waals surface area contributed by atoms with Crippen LogP contribution in [0.1, 0.15) is 24.2 Å². The molecule has 1 aromatic heterocycles. The molecule has 1 amide bonds. The molecule has 2 atom stereocenters. The van der Waals surface area contributed by atoms with E-state index >= 15 is 0 Å². The predicted molar refractivity (Wildman–Crippen MR) is 76.7 cm³/mol. The molecule has 3 nitrogen and oxygen atoms in total. The molecule has 0 radical (unpaired) electrons. The monoisotopic (exact) mass is 304 g/mol. The second-order valence-corrected chi connectivity index (χ2v) is 7.11. The molecule has 6 heteroatoms. The summed E-state index contributed by atoms with van der Waals surface area (Å²) in [5, 5.41) is 1.45. The third-order valence-corrected chi connectivity index (χ3v) is 4.66. The summed E-state index contributed by atoms with van der Waals surface area (Å²) in [4.78, 5) is 18.1. The fourth-order valence-electron chi connectivity index (χ4n) is 2.06. The van der Waals surface area contributed by atoms with Crippen LogP contribution in [-0.4, -0.2) is 39.4 Å². The Morgan fingerprint density at radius 2 is 2.00 bits per heavy atom. The number of amides is 1. The van der Waals surface area contributed by atoms with Crippen molar-refractivity contribution in [3.63, 3.8) is 0 Å². The standard InChI is InChI=1S/C12H14Cl2N2OS/c1-7-5-16(6-8(2)18-7)12(17)9-3-10(13)11(14)15-4-9/h3-4,7-8H,5-6H2,1-2H3. The molecule has 0 N–H and O–H groups in total. The number of thioether (sulfide) groups is 1. The minimum absolute atomic E-state index is 0.0277. The maximum Gasteiger partial charge on any atom is 0.255 e. The van der Waals surface area contributed by atoms with E-state index in [2.05, 4.69) is 18.8 Å². The topological polar surface area (TPSA) is 33.2 Å². The van der Waals surface area contributed by atoms with Gasteiger partial charge in [0.2, 0.25) is 0 Å². The molecule has 0 bridgehead atoms. The van der Waals surface area contributed by atoms with Gasteiger partial charge in [-0.2, -0.15) is 11.8 Å². The van der Waals surface area contributed by atoms with Gasteiger partial charge >= 0.3 is 0 Å². The number of hydrogen-bond donors (Lipinski definition) is 0. The van der Waals surface area contributed by atoms with Gasteiger partial charge in [-0.25, -0.2) is 4.98 Å². The molecule has 2 heterocycles. The van der Waals surface area contributed by atoms with Crippen molar-refractivity contribution in [2.24, 2.45) is 0 Å². The lowest BCUT2D eigenvalue weighted by atomic mass is 10.2. The minimum Gasteiger partial charge on any atom is -0.336 e. The molecular formula is C12H14Cl2N2OS.